The van der Waals surface area contributed by atoms with E-state index in [9.17, 15) is 4.79 Å². The van der Waals surface area contributed by atoms with Gasteiger partial charge in [-0.1, -0.05) is 42.8 Å². The molecule has 0 spiro atoms. The minimum atomic E-state index is -0.242. The number of esters is 1. The highest BCUT2D eigenvalue weighted by molar-refractivity contribution is 7.99. The van der Waals surface area contributed by atoms with Gasteiger partial charge in [-0.3, -0.25) is 4.79 Å². The van der Waals surface area contributed by atoms with Gasteiger partial charge in [-0.15, -0.1) is 5.10 Å². The predicted molar refractivity (Wildman–Crippen MR) is 85.2 cm³/mol. The van der Waals surface area contributed by atoms with E-state index in [1.165, 1.54) is 17.3 Å². The van der Waals surface area contributed by atoms with Crippen LogP contribution in [0.25, 0.3) is 5.69 Å². The number of tetrazole rings is 1. The number of carbonyl (C=O) groups is 1. The summed E-state index contributed by atoms with van der Waals surface area (Å²) in [5.74, 6) is -0.0386. The second-order valence-corrected chi connectivity index (χ2v) is 5.97. The van der Waals surface area contributed by atoms with Crippen LogP contribution in [0.5, 0.6) is 0 Å². The van der Waals surface area contributed by atoms with E-state index in [-0.39, 0.29) is 11.7 Å². The van der Waals surface area contributed by atoms with Crippen LogP contribution in [0.2, 0.25) is 0 Å². The van der Waals surface area contributed by atoms with Crippen molar-refractivity contribution < 1.29 is 9.53 Å². The standard InChI is InChI=1S/C15H20N4O2S/c1-4-5-8-21-14(20)10-22-15-16-17-18-19(15)13-7-6-11(2)9-12(13)3/h6-7,9H,4-5,8,10H2,1-3H3. The van der Waals surface area contributed by atoms with Crippen LogP contribution in [0.4, 0.5) is 0 Å². The van der Waals surface area contributed by atoms with E-state index in [0.29, 0.717) is 11.8 Å². The van der Waals surface area contributed by atoms with Gasteiger partial charge >= 0.3 is 5.97 Å². The zero-order valence-corrected chi connectivity index (χ0v) is 13.9. The van der Waals surface area contributed by atoms with E-state index in [1.807, 2.05) is 26.0 Å². The Kier molecular flexibility index (Phi) is 5.94. The number of thioether (sulfide) groups is 1. The number of rotatable bonds is 7. The number of aromatic nitrogens is 4. The van der Waals surface area contributed by atoms with Crippen LogP contribution in [0.3, 0.4) is 0 Å². The summed E-state index contributed by atoms with van der Waals surface area (Å²) in [6.07, 6.45) is 1.89. The van der Waals surface area contributed by atoms with Crippen LogP contribution in [-0.2, 0) is 9.53 Å². The van der Waals surface area contributed by atoms with Crippen molar-refractivity contribution >= 4 is 17.7 Å². The fourth-order valence-corrected chi connectivity index (χ4v) is 2.64. The molecular formula is C15H20N4O2S. The lowest BCUT2D eigenvalue weighted by atomic mass is 10.1. The molecule has 0 N–H and O–H groups in total. The average molecular weight is 320 g/mol. The maximum absolute atomic E-state index is 11.7. The quantitative estimate of drug-likeness (QED) is 0.444. The molecule has 0 atom stereocenters. The summed E-state index contributed by atoms with van der Waals surface area (Å²) in [7, 11) is 0. The van der Waals surface area contributed by atoms with E-state index in [2.05, 4.69) is 28.5 Å². The van der Waals surface area contributed by atoms with Gasteiger partial charge in [0.25, 0.3) is 0 Å². The van der Waals surface area contributed by atoms with Crippen LogP contribution in [-0.4, -0.2) is 38.5 Å². The fraction of sp³-hybridized carbons (Fsp3) is 0.467. The number of nitrogens with zero attached hydrogens (tertiary/aromatic N) is 4. The Balaban J connectivity index is 2.02. The molecule has 1 aromatic carbocycles. The third kappa shape index (κ3) is 4.30. The summed E-state index contributed by atoms with van der Waals surface area (Å²) in [6, 6.07) is 6.06. The normalized spacial score (nSPS) is 10.7. The summed E-state index contributed by atoms with van der Waals surface area (Å²) >= 11 is 1.28. The van der Waals surface area contributed by atoms with Crippen molar-refractivity contribution in [1.82, 2.24) is 20.2 Å². The Morgan fingerprint density at radius 3 is 2.91 bits per heavy atom. The maximum Gasteiger partial charge on any atom is 0.316 e. The third-order valence-electron chi connectivity index (χ3n) is 3.10. The zero-order valence-electron chi connectivity index (χ0n) is 13.1. The highest BCUT2D eigenvalue weighted by atomic mass is 32.2. The molecular weight excluding hydrogens is 300 g/mol. The molecule has 0 bridgehead atoms. The maximum atomic E-state index is 11.7. The molecule has 0 aliphatic heterocycles. The van der Waals surface area contributed by atoms with Crippen LogP contribution in [0.1, 0.15) is 30.9 Å². The first-order valence-electron chi connectivity index (χ1n) is 7.26. The third-order valence-corrected chi connectivity index (χ3v) is 3.99. The first kappa shape index (κ1) is 16.5. The summed E-state index contributed by atoms with van der Waals surface area (Å²) < 4.78 is 6.78. The van der Waals surface area contributed by atoms with Crippen LogP contribution >= 0.6 is 11.8 Å². The predicted octanol–water partition coefficient (Wildman–Crippen LogP) is 2.71. The van der Waals surface area contributed by atoms with E-state index in [1.54, 1.807) is 4.68 Å². The van der Waals surface area contributed by atoms with Gasteiger partial charge in [-0.25, -0.2) is 0 Å². The van der Waals surface area contributed by atoms with Crippen molar-refractivity contribution in [3.05, 3.63) is 29.3 Å². The van der Waals surface area contributed by atoms with Crippen molar-refractivity contribution in [3.63, 3.8) is 0 Å². The largest absolute Gasteiger partial charge is 0.465 e. The number of benzene rings is 1. The van der Waals surface area contributed by atoms with Crippen molar-refractivity contribution in [1.29, 1.82) is 0 Å². The molecule has 1 heterocycles. The van der Waals surface area contributed by atoms with Gasteiger partial charge in [0.05, 0.1) is 18.0 Å². The van der Waals surface area contributed by atoms with Gasteiger partial charge in [-0.2, -0.15) is 4.68 Å². The molecule has 0 aliphatic rings. The lowest BCUT2D eigenvalue weighted by Crippen LogP contribution is -2.09. The van der Waals surface area contributed by atoms with Gasteiger partial charge in [0.1, 0.15) is 0 Å². The second kappa shape index (κ2) is 7.93. The number of hydrogen-bond donors (Lipinski definition) is 0. The molecule has 0 saturated heterocycles. The van der Waals surface area contributed by atoms with Crippen molar-refractivity contribution in [2.45, 2.75) is 38.8 Å². The highest BCUT2D eigenvalue weighted by Crippen LogP contribution is 2.21. The van der Waals surface area contributed by atoms with Crippen LogP contribution in [0, 0.1) is 13.8 Å². The summed E-state index contributed by atoms with van der Waals surface area (Å²) in [4.78, 5) is 11.7. The summed E-state index contributed by atoms with van der Waals surface area (Å²) in [6.45, 7) is 6.58. The number of ether oxygens (including phenoxy) is 1. The van der Waals surface area contributed by atoms with Crippen LogP contribution in [0.15, 0.2) is 23.4 Å². The van der Waals surface area contributed by atoms with Crippen LogP contribution < -0.4 is 0 Å². The van der Waals surface area contributed by atoms with Gasteiger partial charge < -0.3 is 4.74 Å². The Labute approximate surface area is 134 Å². The number of carbonyl (C=O) groups excluding carboxylic acids is 1. The topological polar surface area (TPSA) is 69.9 Å². The smallest absolute Gasteiger partial charge is 0.316 e. The van der Waals surface area contributed by atoms with Gasteiger partial charge in [-0.05, 0) is 42.3 Å². The average Bonchev–Trinajstić information content (AvgIpc) is 2.93. The molecule has 0 aliphatic carbocycles. The molecule has 2 rings (SSSR count). The second-order valence-electron chi connectivity index (χ2n) is 5.03. The first-order chi connectivity index (χ1) is 10.6. The summed E-state index contributed by atoms with van der Waals surface area (Å²) in [5, 5.41) is 12.3. The van der Waals surface area contributed by atoms with E-state index in [4.69, 9.17) is 4.74 Å². The van der Waals surface area contributed by atoms with Gasteiger partial charge in [0.15, 0.2) is 0 Å². The molecule has 6 nitrogen and oxygen atoms in total. The Morgan fingerprint density at radius 2 is 2.18 bits per heavy atom. The van der Waals surface area contributed by atoms with E-state index < -0.39 is 0 Å². The minimum absolute atomic E-state index is 0.203. The Morgan fingerprint density at radius 1 is 1.36 bits per heavy atom. The molecule has 0 radical (unpaired) electrons. The van der Waals surface area contributed by atoms with Crippen molar-refractivity contribution in [2.75, 3.05) is 12.4 Å². The molecule has 118 valence electrons. The number of hydrogen-bond acceptors (Lipinski definition) is 6. The molecule has 0 amide bonds. The van der Waals surface area contributed by atoms with E-state index >= 15 is 0 Å². The number of unbranched alkanes of at least 4 members (excludes halogenated alkanes) is 1. The van der Waals surface area contributed by atoms with Crippen molar-refractivity contribution in [2.24, 2.45) is 0 Å². The number of aryl methyl sites for hydroxylation is 2. The molecule has 0 fully saturated rings. The lowest BCUT2D eigenvalue weighted by molar-refractivity contribution is -0.140. The molecule has 1 aromatic heterocycles. The minimum Gasteiger partial charge on any atom is -0.465 e. The Bertz CT molecular complexity index is 642. The van der Waals surface area contributed by atoms with Crippen molar-refractivity contribution in [3.8, 4) is 5.69 Å². The highest BCUT2D eigenvalue weighted by Gasteiger charge is 2.13. The monoisotopic (exact) mass is 320 g/mol. The first-order valence-corrected chi connectivity index (χ1v) is 8.24. The fourth-order valence-electron chi connectivity index (χ4n) is 1.96. The zero-order chi connectivity index (χ0) is 15.9. The van der Waals surface area contributed by atoms with Gasteiger partial charge in [0, 0.05) is 0 Å². The summed E-state index contributed by atoms with van der Waals surface area (Å²) in [5.41, 5.74) is 3.18. The SMILES string of the molecule is CCCCOC(=O)CSc1nnnn1-c1ccc(C)cc1C. The molecule has 0 unspecified atom stereocenters. The molecule has 0 saturated carbocycles. The van der Waals surface area contributed by atoms with E-state index in [0.717, 1.165) is 24.1 Å². The molecule has 7 heteroatoms. The molecule has 2 aromatic rings. The van der Waals surface area contributed by atoms with Gasteiger partial charge in [0.2, 0.25) is 5.16 Å². The molecule has 22 heavy (non-hydrogen) atoms. The lowest BCUT2D eigenvalue weighted by Gasteiger charge is -2.08. The Hall–Kier alpha value is -1.89.